The summed E-state index contributed by atoms with van der Waals surface area (Å²) in [6.45, 7) is 0. The van der Waals surface area contributed by atoms with Crippen LogP contribution in [0.3, 0.4) is 0 Å². The second kappa shape index (κ2) is 4.58. The van der Waals surface area contributed by atoms with Crippen LogP contribution in [0.5, 0.6) is 0 Å². The summed E-state index contributed by atoms with van der Waals surface area (Å²) in [6.07, 6.45) is 7.93. The lowest BCUT2D eigenvalue weighted by Gasteiger charge is -2.02. The molecule has 0 radical (unpaired) electrons. The zero-order valence-corrected chi connectivity index (χ0v) is 9.89. The fourth-order valence-electron chi connectivity index (χ4n) is 2.28. The highest BCUT2D eigenvalue weighted by Crippen LogP contribution is 2.15. The van der Waals surface area contributed by atoms with Gasteiger partial charge in [-0.15, -0.1) is 0 Å². The van der Waals surface area contributed by atoms with Crippen molar-refractivity contribution in [3.05, 3.63) is 70.8 Å². The van der Waals surface area contributed by atoms with E-state index in [2.05, 4.69) is 60.7 Å². The summed E-state index contributed by atoms with van der Waals surface area (Å²) in [5.41, 5.74) is 5.43. The predicted molar refractivity (Wildman–Crippen MR) is 73.8 cm³/mol. The Labute approximate surface area is 103 Å². The molecule has 0 amide bonds. The smallest absolute Gasteiger partial charge is 0.0256 e. The van der Waals surface area contributed by atoms with Crippen LogP contribution in [0.25, 0.3) is 12.2 Å². The minimum absolute atomic E-state index is 1.17. The summed E-state index contributed by atoms with van der Waals surface area (Å²) in [7, 11) is 0. The largest absolute Gasteiger partial charge is 0.0584 e. The van der Waals surface area contributed by atoms with E-state index >= 15 is 0 Å². The molecule has 0 unspecified atom stereocenters. The second-order valence-corrected chi connectivity index (χ2v) is 4.67. The molecule has 17 heavy (non-hydrogen) atoms. The molecule has 0 nitrogen and oxygen atoms in total. The minimum atomic E-state index is 1.17. The van der Waals surface area contributed by atoms with Crippen LogP contribution in [0.1, 0.15) is 28.7 Å². The molecule has 2 aromatic carbocycles. The maximum absolute atomic E-state index is 2.25. The SMILES string of the molecule is C1=C\c2ccc(cc2)CCCc2ccc/1cc2. The van der Waals surface area contributed by atoms with Gasteiger partial charge in [-0.05, 0) is 41.5 Å². The van der Waals surface area contributed by atoms with Gasteiger partial charge in [0.25, 0.3) is 0 Å². The monoisotopic (exact) mass is 220 g/mol. The first kappa shape index (κ1) is 10.3. The number of hydrogen-bond acceptors (Lipinski definition) is 0. The average molecular weight is 220 g/mol. The zero-order valence-electron chi connectivity index (χ0n) is 9.89. The van der Waals surface area contributed by atoms with E-state index in [1.54, 1.807) is 0 Å². The average Bonchev–Trinajstić information content (AvgIpc) is 2.43. The molecular weight excluding hydrogens is 204 g/mol. The van der Waals surface area contributed by atoms with Crippen molar-refractivity contribution in [2.45, 2.75) is 19.3 Å². The molecule has 4 aliphatic rings. The third-order valence-corrected chi connectivity index (χ3v) is 3.36. The van der Waals surface area contributed by atoms with Gasteiger partial charge in [0.15, 0.2) is 0 Å². The molecule has 84 valence electrons. The van der Waals surface area contributed by atoms with Gasteiger partial charge in [-0.3, -0.25) is 0 Å². The Morgan fingerprint density at radius 3 is 1.35 bits per heavy atom. The van der Waals surface area contributed by atoms with Crippen LogP contribution in [-0.4, -0.2) is 0 Å². The Balaban J connectivity index is 2.01. The molecule has 0 aliphatic heterocycles. The molecule has 0 aromatic heterocycles. The van der Waals surface area contributed by atoms with Gasteiger partial charge in [0, 0.05) is 0 Å². The van der Waals surface area contributed by atoms with Crippen molar-refractivity contribution in [1.82, 2.24) is 0 Å². The molecule has 0 atom stereocenters. The van der Waals surface area contributed by atoms with Gasteiger partial charge >= 0.3 is 0 Å². The summed E-state index contributed by atoms with van der Waals surface area (Å²) < 4.78 is 0. The van der Waals surface area contributed by atoms with Crippen LogP contribution in [0, 0.1) is 0 Å². The third kappa shape index (κ3) is 2.47. The van der Waals surface area contributed by atoms with Crippen molar-refractivity contribution in [3.8, 4) is 0 Å². The Hall–Kier alpha value is -1.82. The van der Waals surface area contributed by atoms with Gasteiger partial charge in [0.1, 0.15) is 0 Å². The topological polar surface area (TPSA) is 0 Å². The predicted octanol–water partition coefficient (Wildman–Crippen LogP) is 4.35. The van der Waals surface area contributed by atoms with Crippen molar-refractivity contribution in [3.63, 3.8) is 0 Å². The van der Waals surface area contributed by atoms with Crippen molar-refractivity contribution >= 4 is 12.2 Å². The second-order valence-electron chi connectivity index (χ2n) is 4.67. The summed E-state index contributed by atoms with van der Waals surface area (Å²) >= 11 is 0. The first-order chi connectivity index (χ1) is 8.40. The minimum Gasteiger partial charge on any atom is -0.0584 e. The number of hydrogen-bond donors (Lipinski definition) is 0. The third-order valence-electron chi connectivity index (χ3n) is 3.36. The van der Waals surface area contributed by atoms with Gasteiger partial charge < -0.3 is 0 Å². The highest BCUT2D eigenvalue weighted by Gasteiger charge is 1.98. The van der Waals surface area contributed by atoms with E-state index < -0.39 is 0 Å². The fraction of sp³-hybridized carbons (Fsp3) is 0.176. The van der Waals surface area contributed by atoms with Crippen LogP contribution in [0.2, 0.25) is 0 Å². The lowest BCUT2D eigenvalue weighted by Crippen LogP contribution is -1.89. The molecule has 0 saturated heterocycles. The summed E-state index contributed by atoms with van der Waals surface area (Å²) in [5.74, 6) is 0. The van der Waals surface area contributed by atoms with E-state index in [0.717, 1.165) is 0 Å². The molecule has 0 spiro atoms. The van der Waals surface area contributed by atoms with E-state index in [1.165, 1.54) is 41.5 Å². The molecule has 4 aliphatic carbocycles. The van der Waals surface area contributed by atoms with Gasteiger partial charge in [0.05, 0.1) is 0 Å². The van der Waals surface area contributed by atoms with Crippen LogP contribution in [-0.2, 0) is 12.8 Å². The highest BCUT2D eigenvalue weighted by atomic mass is 14.0. The normalized spacial score (nSPS) is 16.0. The fourth-order valence-corrected chi connectivity index (χ4v) is 2.28. The first-order valence-electron chi connectivity index (χ1n) is 6.26. The molecule has 4 bridgehead atoms. The van der Waals surface area contributed by atoms with Gasteiger partial charge in [-0.25, -0.2) is 0 Å². The van der Waals surface area contributed by atoms with Crippen LogP contribution in [0.15, 0.2) is 48.5 Å². The van der Waals surface area contributed by atoms with E-state index in [-0.39, 0.29) is 0 Å². The lowest BCUT2D eigenvalue weighted by atomic mass is 10.0. The van der Waals surface area contributed by atoms with Gasteiger partial charge in [-0.2, -0.15) is 0 Å². The maximum atomic E-state index is 2.25. The van der Waals surface area contributed by atoms with Crippen LogP contribution in [0.4, 0.5) is 0 Å². The van der Waals surface area contributed by atoms with E-state index in [1.807, 2.05) is 0 Å². The number of benzene rings is 2. The molecule has 0 heterocycles. The lowest BCUT2D eigenvalue weighted by molar-refractivity contribution is 0.820. The van der Waals surface area contributed by atoms with E-state index in [4.69, 9.17) is 0 Å². The zero-order chi connectivity index (χ0) is 11.5. The summed E-state index contributed by atoms with van der Waals surface area (Å²) in [4.78, 5) is 0. The first-order valence-corrected chi connectivity index (χ1v) is 6.26. The summed E-state index contributed by atoms with van der Waals surface area (Å²) in [6, 6.07) is 17.8. The van der Waals surface area contributed by atoms with Crippen molar-refractivity contribution in [1.29, 1.82) is 0 Å². The molecule has 0 N–H and O–H groups in total. The maximum Gasteiger partial charge on any atom is -0.0256 e. The Kier molecular flexibility index (Phi) is 2.79. The Morgan fingerprint density at radius 1 is 0.529 bits per heavy atom. The van der Waals surface area contributed by atoms with E-state index in [9.17, 15) is 0 Å². The highest BCUT2D eigenvalue weighted by molar-refractivity contribution is 5.69. The molecule has 6 rings (SSSR count). The molecule has 2 aromatic rings. The van der Waals surface area contributed by atoms with Gasteiger partial charge in [0.2, 0.25) is 0 Å². The van der Waals surface area contributed by atoms with Crippen molar-refractivity contribution in [2.75, 3.05) is 0 Å². The molecular formula is C17H16. The molecule has 0 heteroatoms. The standard InChI is InChI=1S/C17H16/c1-2-14-4-8-16(9-5-14)12-13-17-10-6-15(3-1)7-11-17/h4-13H,1-3H2/b13-12-. The Morgan fingerprint density at radius 2 is 0.941 bits per heavy atom. The quantitative estimate of drug-likeness (QED) is 0.619. The van der Waals surface area contributed by atoms with Crippen LogP contribution >= 0.6 is 0 Å². The summed E-state index contributed by atoms with van der Waals surface area (Å²) in [5, 5.41) is 0. The van der Waals surface area contributed by atoms with Crippen LogP contribution < -0.4 is 0 Å². The number of aryl methyl sites for hydroxylation is 2. The van der Waals surface area contributed by atoms with Gasteiger partial charge in [-0.1, -0.05) is 60.7 Å². The molecule has 0 fully saturated rings. The Bertz CT molecular complexity index is 465. The van der Waals surface area contributed by atoms with Crippen molar-refractivity contribution < 1.29 is 0 Å². The van der Waals surface area contributed by atoms with Crippen molar-refractivity contribution in [2.24, 2.45) is 0 Å². The van der Waals surface area contributed by atoms with E-state index in [0.29, 0.717) is 0 Å². The number of rotatable bonds is 0. The molecule has 0 saturated carbocycles.